The zero-order chi connectivity index (χ0) is 18.8. The molecular formula is C20H20ClN3O2. The topological polar surface area (TPSA) is 85.2 Å². The van der Waals surface area contributed by atoms with E-state index in [1.807, 2.05) is 30.3 Å². The van der Waals surface area contributed by atoms with Crippen molar-refractivity contribution in [3.63, 3.8) is 0 Å². The van der Waals surface area contributed by atoms with Crippen molar-refractivity contribution in [2.75, 3.05) is 13.1 Å². The zero-order valence-electron chi connectivity index (χ0n) is 14.2. The predicted molar refractivity (Wildman–Crippen MR) is 102 cm³/mol. The summed E-state index contributed by atoms with van der Waals surface area (Å²) in [6.07, 6.45) is 2.81. The number of hydrogen-bond acceptors (Lipinski definition) is 4. The van der Waals surface area contributed by atoms with Gasteiger partial charge in [0.15, 0.2) is 0 Å². The second-order valence-electron chi connectivity index (χ2n) is 5.67. The van der Waals surface area contributed by atoms with Gasteiger partial charge in [-0.05, 0) is 48.2 Å². The minimum absolute atomic E-state index is 0.0341. The summed E-state index contributed by atoms with van der Waals surface area (Å²) in [7, 11) is 0. The lowest BCUT2D eigenvalue weighted by Crippen LogP contribution is -2.27. The molecule has 0 spiro atoms. The number of carbonyl (C=O) groups excluding carboxylic acids is 1. The number of amides is 1. The van der Waals surface area contributed by atoms with Crippen molar-refractivity contribution >= 4 is 17.5 Å². The van der Waals surface area contributed by atoms with Crippen molar-refractivity contribution in [2.45, 2.75) is 12.8 Å². The van der Waals surface area contributed by atoms with Crippen LogP contribution in [0.5, 0.6) is 5.75 Å². The number of hydrogen-bond donors (Lipinski definition) is 3. The Labute approximate surface area is 157 Å². The summed E-state index contributed by atoms with van der Waals surface area (Å²) in [4.78, 5) is 12.0. The van der Waals surface area contributed by atoms with Crippen molar-refractivity contribution in [1.82, 2.24) is 10.6 Å². The Balaban J connectivity index is 1.74. The molecule has 3 N–H and O–H groups in total. The number of aromatic hydroxyl groups is 1. The van der Waals surface area contributed by atoms with Crippen LogP contribution in [0.25, 0.3) is 0 Å². The van der Waals surface area contributed by atoms with Crippen LogP contribution in [-0.4, -0.2) is 24.1 Å². The highest BCUT2D eigenvalue weighted by Crippen LogP contribution is 2.10. The number of benzene rings is 2. The fraction of sp³-hybridized carbons (Fsp3) is 0.200. The van der Waals surface area contributed by atoms with E-state index in [-0.39, 0.29) is 11.3 Å². The second kappa shape index (κ2) is 10.1. The summed E-state index contributed by atoms with van der Waals surface area (Å²) in [5.41, 5.74) is 2.14. The van der Waals surface area contributed by atoms with E-state index in [1.165, 1.54) is 6.20 Å². The van der Waals surface area contributed by atoms with Crippen LogP contribution >= 0.6 is 11.6 Å². The Hall–Kier alpha value is -2.97. The van der Waals surface area contributed by atoms with E-state index in [1.54, 1.807) is 24.3 Å². The van der Waals surface area contributed by atoms with E-state index >= 15 is 0 Å². The fourth-order valence-electron chi connectivity index (χ4n) is 2.27. The Morgan fingerprint density at radius 1 is 1.04 bits per heavy atom. The lowest BCUT2D eigenvalue weighted by molar-refractivity contribution is -0.117. The summed E-state index contributed by atoms with van der Waals surface area (Å²) in [5, 5.41) is 24.8. The third-order valence-corrected chi connectivity index (χ3v) is 3.97. The molecule has 0 heterocycles. The highest BCUT2D eigenvalue weighted by molar-refractivity contribution is 6.30. The number of rotatable bonds is 8. The average Bonchev–Trinajstić information content (AvgIpc) is 2.65. The molecule has 0 saturated heterocycles. The summed E-state index contributed by atoms with van der Waals surface area (Å²) in [6, 6.07) is 16.2. The molecule has 26 heavy (non-hydrogen) atoms. The van der Waals surface area contributed by atoms with Crippen LogP contribution in [0.4, 0.5) is 0 Å². The van der Waals surface area contributed by atoms with Gasteiger partial charge in [0.05, 0.1) is 0 Å². The second-order valence-corrected chi connectivity index (χ2v) is 6.11. The number of carbonyl (C=O) groups is 1. The first-order valence-corrected chi connectivity index (χ1v) is 8.60. The monoisotopic (exact) mass is 369 g/mol. The molecule has 0 aromatic heterocycles. The molecule has 0 aliphatic heterocycles. The van der Waals surface area contributed by atoms with E-state index in [4.69, 9.17) is 16.9 Å². The largest absolute Gasteiger partial charge is 0.508 e. The van der Waals surface area contributed by atoms with Crippen molar-refractivity contribution < 1.29 is 9.90 Å². The fourth-order valence-corrected chi connectivity index (χ4v) is 2.39. The van der Waals surface area contributed by atoms with Gasteiger partial charge in [0.25, 0.3) is 5.91 Å². The molecule has 0 fully saturated rings. The Kier molecular flexibility index (Phi) is 7.53. The molecule has 2 aromatic carbocycles. The van der Waals surface area contributed by atoms with Gasteiger partial charge in [-0.15, -0.1) is 0 Å². The minimum atomic E-state index is -0.412. The van der Waals surface area contributed by atoms with Crippen molar-refractivity contribution in [1.29, 1.82) is 5.26 Å². The van der Waals surface area contributed by atoms with Gasteiger partial charge in [0.2, 0.25) is 0 Å². The molecular weight excluding hydrogens is 350 g/mol. The van der Waals surface area contributed by atoms with Gasteiger partial charge < -0.3 is 15.7 Å². The van der Waals surface area contributed by atoms with E-state index in [2.05, 4.69) is 10.6 Å². The van der Waals surface area contributed by atoms with Gasteiger partial charge in [-0.3, -0.25) is 4.79 Å². The molecule has 1 amide bonds. The molecule has 134 valence electrons. The average molecular weight is 370 g/mol. The molecule has 0 aliphatic rings. The van der Waals surface area contributed by atoms with Crippen LogP contribution in [0.3, 0.4) is 0 Å². The first kappa shape index (κ1) is 19.4. The lowest BCUT2D eigenvalue weighted by atomic mass is 10.1. The van der Waals surface area contributed by atoms with Crippen LogP contribution in [0.1, 0.15) is 11.1 Å². The van der Waals surface area contributed by atoms with Gasteiger partial charge in [0, 0.05) is 24.3 Å². The summed E-state index contributed by atoms with van der Waals surface area (Å²) < 4.78 is 0. The highest BCUT2D eigenvalue weighted by Gasteiger charge is 2.07. The van der Waals surface area contributed by atoms with Gasteiger partial charge in [-0.2, -0.15) is 5.26 Å². The van der Waals surface area contributed by atoms with Gasteiger partial charge in [0.1, 0.15) is 17.4 Å². The third-order valence-electron chi connectivity index (χ3n) is 3.72. The molecule has 0 bridgehead atoms. The van der Waals surface area contributed by atoms with Gasteiger partial charge >= 0.3 is 0 Å². The maximum atomic E-state index is 12.0. The van der Waals surface area contributed by atoms with Gasteiger partial charge in [-0.1, -0.05) is 35.9 Å². The van der Waals surface area contributed by atoms with E-state index in [0.29, 0.717) is 24.5 Å². The van der Waals surface area contributed by atoms with Crippen LogP contribution < -0.4 is 10.6 Å². The molecule has 0 unspecified atom stereocenters. The third kappa shape index (κ3) is 6.50. The van der Waals surface area contributed by atoms with E-state index < -0.39 is 5.91 Å². The number of nitriles is 1. The zero-order valence-corrected chi connectivity index (χ0v) is 15.0. The predicted octanol–water partition coefficient (Wildman–Crippen LogP) is 2.94. The molecule has 2 rings (SSSR count). The lowest BCUT2D eigenvalue weighted by Gasteiger charge is -2.06. The Morgan fingerprint density at radius 3 is 2.23 bits per heavy atom. The van der Waals surface area contributed by atoms with Crippen LogP contribution in [0.2, 0.25) is 5.02 Å². The number of phenols is 1. The first-order valence-electron chi connectivity index (χ1n) is 8.22. The van der Waals surface area contributed by atoms with E-state index in [0.717, 1.165) is 17.5 Å². The minimum Gasteiger partial charge on any atom is -0.508 e. The molecule has 5 nitrogen and oxygen atoms in total. The Bertz CT molecular complexity index is 793. The summed E-state index contributed by atoms with van der Waals surface area (Å²) in [6.45, 7) is 1.01. The van der Waals surface area contributed by atoms with Gasteiger partial charge in [-0.25, -0.2) is 0 Å². The number of nitrogens with one attached hydrogen (secondary N) is 2. The molecule has 6 heteroatoms. The maximum absolute atomic E-state index is 12.0. The SMILES string of the molecule is N#C/C(=C/NCCc1ccc(Cl)cc1)C(=O)NCCc1ccc(O)cc1. The maximum Gasteiger partial charge on any atom is 0.263 e. The molecule has 0 radical (unpaired) electrons. The summed E-state index contributed by atoms with van der Waals surface area (Å²) >= 11 is 5.84. The van der Waals surface area contributed by atoms with Crippen molar-refractivity contribution in [2.24, 2.45) is 0 Å². The first-order chi connectivity index (χ1) is 12.6. The molecule has 0 saturated carbocycles. The Morgan fingerprint density at radius 2 is 1.62 bits per heavy atom. The molecule has 2 aromatic rings. The number of nitrogens with zero attached hydrogens (tertiary/aromatic N) is 1. The standard InChI is InChI=1S/C20H20ClN3O2/c21-18-5-1-15(2-6-18)9-11-23-14-17(13-22)20(26)24-12-10-16-3-7-19(25)8-4-16/h1-8,14,23,25H,9-12H2,(H,24,26)/b17-14-. The summed E-state index contributed by atoms with van der Waals surface area (Å²) in [5.74, 6) is -0.206. The molecule has 0 aliphatic carbocycles. The van der Waals surface area contributed by atoms with E-state index in [9.17, 15) is 9.90 Å². The highest BCUT2D eigenvalue weighted by atomic mass is 35.5. The van der Waals surface area contributed by atoms with Crippen molar-refractivity contribution in [3.05, 3.63) is 76.5 Å². The number of halogens is 1. The van der Waals surface area contributed by atoms with Crippen LogP contribution in [0, 0.1) is 11.3 Å². The normalized spacial score (nSPS) is 10.8. The van der Waals surface area contributed by atoms with Crippen molar-refractivity contribution in [3.8, 4) is 11.8 Å². The van der Waals surface area contributed by atoms with Crippen LogP contribution in [0.15, 0.2) is 60.3 Å². The smallest absolute Gasteiger partial charge is 0.263 e. The number of phenolic OH excluding ortho intramolecular Hbond substituents is 1. The quantitative estimate of drug-likeness (QED) is 0.379. The molecule has 0 atom stereocenters. The van der Waals surface area contributed by atoms with Crippen LogP contribution in [-0.2, 0) is 17.6 Å².